The zero-order chi connectivity index (χ0) is 12.3. The number of nitrogens with one attached hydrogen (secondary N) is 1. The Hall–Kier alpha value is -1.76. The van der Waals surface area contributed by atoms with Gasteiger partial charge in [0, 0.05) is 6.54 Å². The first-order chi connectivity index (χ1) is 8.34. The van der Waals surface area contributed by atoms with Gasteiger partial charge in [-0.3, -0.25) is 0 Å². The Morgan fingerprint density at radius 2 is 2.12 bits per heavy atom. The van der Waals surface area contributed by atoms with Gasteiger partial charge in [-0.25, -0.2) is 0 Å². The van der Waals surface area contributed by atoms with Crippen LogP contribution in [0.1, 0.15) is 13.8 Å². The fraction of sp³-hybridized carbons (Fsp3) is 0.250. The van der Waals surface area contributed by atoms with Crippen LogP contribution in [0.3, 0.4) is 0 Å². The Morgan fingerprint density at radius 1 is 1.24 bits per heavy atom. The van der Waals surface area contributed by atoms with E-state index >= 15 is 0 Å². The molecular formula is C16H21N. The van der Waals surface area contributed by atoms with Crippen LogP contribution >= 0.6 is 0 Å². The first kappa shape index (κ1) is 13.3. The summed E-state index contributed by atoms with van der Waals surface area (Å²) < 4.78 is 0. The maximum Gasteiger partial charge on any atom is 0.0328 e. The van der Waals surface area contributed by atoms with Crippen LogP contribution in [0.4, 0.5) is 0 Å². The van der Waals surface area contributed by atoms with Crippen molar-refractivity contribution < 1.29 is 0 Å². The minimum absolute atomic E-state index is 0.521. The second kappa shape index (κ2) is 8.40. The lowest BCUT2D eigenvalue weighted by Crippen LogP contribution is -2.02. The molecule has 0 saturated heterocycles. The Bertz CT molecular complexity index is 378. The van der Waals surface area contributed by atoms with E-state index in [0.717, 1.165) is 6.54 Å². The van der Waals surface area contributed by atoms with E-state index in [4.69, 9.17) is 0 Å². The Morgan fingerprint density at radius 3 is 2.88 bits per heavy atom. The van der Waals surface area contributed by atoms with Gasteiger partial charge in [0.25, 0.3) is 0 Å². The van der Waals surface area contributed by atoms with Gasteiger partial charge in [-0.1, -0.05) is 61.6 Å². The van der Waals surface area contributed by atoms with Gasteiger partial charge in [-0.2, -0.15) is 0 Å². The third kappa shape index (κ3) is 5.76. The molecule has 1 N–H and O–H groups in total. The normalized spacial score (nSPS) is 22.5. The SMILES string of the molecule is C/C=C\C=C/NC/C=C\C=C1\C=CC=CC1C. The zero-order valence-electron chi connectivity index (χ0n) is 10.6. The summed E-state index contributed by atoms with van der Waals surface area (Å²) in [6, 6.07) is 0. The Labute approximate surface area is 105 Å². The molecule has 1 rings (SSSR count). The molecule has 1 unspecified atom stereocenters. The molecule has 0 spiro atoms. The van der Waals surface area contributed by atoms with Crippen LogP contribution in [0.25, 0.3) is 0 Å². The molecule has 1 aliphatic rings. The number of allylic oxidation sites excluding steroid dienone is 10. The van der Waals surface area contributed by atoms with Crippen LogP contribution in [-0.4, -0.2) is 6.54 Å². The van der Waals surface area contributed by atoms with Crippen molar-refractivity contribution in [2.75, 3.05) is 6.54 Å². The van der Waals surface area contributed by atoms with Crippen LogP contribution in [0.2, 0.25) is 0 Å². The first-order valence-electron chi connectivity index (χ1n) is 6.07. The topological polar surface area (TPSA) is 12.0 Å². The van der Waals surface area contributed by atoms with Crippen molar-refractivity contribution in [3.8, 4) is 0 Å². The fourth-order valence-corrected chi connectivity index (χ4v) is 1.49. The second-order valence-electron chi connectivity index (χ2n) is 3.92. The molecule has 0 saturated carbocycles. The second-order valence-corrected chi connectivity index (χ2v) is 3.92. The number of hydrogen-bond donors (Lipinski definition) is 1. The van der Waals surface area contributed by atoms with Gasteiger partial charge >= 0.3 is 0 Å². The highest BCUT2D eigenvalue weighted by Crippen LogP contribution is 2.17. The van der Waals surface area contributed by atoms with E-state index in [1.54, 1.807) is 0 Å². The molecule has 1 nitrogen and oxygen atoms in total. The van der Waals surface area contributed by atoms with E-state index < -0.39 is 0 Å². The highest BCUT2D eigenvalue weighted by molar-refractivity contribution is 5.34. The monoisotopic (exact) mass is 227 g/mol. The third-order valence-corrected chi connectivity index (χ3v) is 2.50. The van der Waals surface area contributed by atoms with E-state index in [1.807, 2.05) is 31.4 Å². The van der Waals surface area contributed by atoms with Crippen molar-refractivity contribution >= 4 is 0 Å². The van der Waals surface area contributed by atoms with Gasteiger partial charge in [0.1, 0.15) is 0 Å². The lowest BCUT2D eigenvalue weighted by Gasteiger charge is -2.09. The molecule has 0 radical (unpaired) electrons. The Balaban J connectivity index is 2.28. The van der Waals surface area contributed by atoms with E-state index in [0.29, 0.717) is 5.92 Å². The van der Waals surface area contributed by atoms with Gasteiger partial charge in [-0.05, 0) is 30.7 Å². The molecular weight excluding hydrogens is 206 g/mol. The molecule has 17 heavy (non-hydrogen) atoms. The van der Waals surface area contributed by atoms with E-state index in [-0.39, 0.29) is 0 Å². The van der Waals surface area contributed by atoms with Gasteiger partial charge in [0.2, 0.25) is 0 Å². The molecule has 0 aromatic heterocycles. The van der Waals surface area contributed by atoms with Crippen molar-refractivity contribution in [3.05, 3.63) is 72.5 Å². The summed E-state index contributed by atoms with van der Waals surface area (Å²) in [5, 5.41) is 3.19. The van der Waals surface area contributed by atoms with Crippen LogP contribution in [-0.2, 0) is 0 Å². The van der Waals surface area contributed by atoms with Gasteiger partial charge < -0.3 is 5.32 Å². The predicted molar refractivity (Wildman–Crippen MR) is 76.6 cm³/mol. The molecule has 1 heteroatoms. The van der Waals surface area contributed by atoms with Crippen LogP contribution in [0.5, 0.6) is 0 Å². The smallest absolute Gasteiger partial charge is 0.0328 e. The molecule has 90 valence electrons. The van der Waals surface area contributed by atoms with Crippen LogP contribution < -0.4 is 5.32 Å². The summed E-state index contributed by atoms with van der Waals surface area (Å²) in [6.07, 6.45) is 22.9. The lowest BCUT2D eigenvalue weighted by atomic mass is 9.96. The van der Waals surface area contributed by atoms with Gasteiger partial charge in [0.15, 0.2) is 0 Å². The van der Waals surface area contributed by atoms with Gasteiger partial charge in [0.05, 0.1) is 0 Å². The first-order valence-corrected chi connectivity index (χ1v) is 6.07. The van der Waals surface area contributed by atoms with Gasteiger partial charge in [-0.15, -0.1) is 0 Å². The Kier molecular flexibility index (Phi) is 6.57. The summed E-state index contributed by atoms with van der Waals surface area (Å²) in [6.45, 7) is 5.06. The summed E-state index contributed by atoms with van der Waals surface area (Å²) in [7, 11) is 0. The van der Waals surface area contributed by atoms with E-state index in [1.165, 1.54) is 5.57 Å². The number of rotatable bonds is 5. The fourth-order valence-electron chi connectivity index (χ4n) is 1.49. The molecule has 0 bridgehead atoms. The standard InChI is InChI=1S/C16H21N/c1-3-4-8-13-17-14-9-7-12-16-11-6-5-10-15(16)2/h3-13,15,17H,14H2,1-2H3/b4-3-,9-7-,13-8-,16-12-. The minimum atomic E-state index is 0.521. The van der Waals surface area contributed by atoms with Crippen molar-refractivity contribution in [1.29, 1.82) is 0 Å². The van der Waals surface area contributed by atoms with Crippen LogP contribution in [0.15, 0.2) is 72.5 Å². The van der Waals surface area contributed by atoms with E-state index in [9.17, 15) is 0 Å². The summed E-state index contributed by atoms with van der Waals surface area (Å²) >= 11 is 0. The quantitative estimate of drug-likeness (QED) is 0.554. The highest BCUT2D eigenvalue weighted by atomic mass is 14.8. The maximum atomic E-state index is 3.19. The molecule has 1 aliphatic carbocycles. The zero-order valence-corrected chi connectivity index (χ0v) is 10.6. The van der Waals surface area contributed by atoms with Crippen molar-refractivity contribution in [2.45, 2.75) is 13.8 Å². The average molecular weight is 227 g/mol. The van der Waals surface area contributed by atoms with Crippen LogP contribution in [0, 0.1) is 5.92 Å². The minimum Gasteiger partial charge on any atom is -0.387 e. The lowest BCUT2D eigenvalue weighted by molar-refractivity contribution is 0.883. The molecule has 0 heterocycles. The number of hydrogen-bond acceptors (Lipinski definition) is 1. The average Bonchev–Trinajstić information content (AvgIpc) is 2.35. The predicted octanol–water partition coefficient (Wildman–Crippen LogP) is 3.91. The summed E-state index contributed by atoms with van der Waals surface area (Å²) in [5.74, 6) is 0.521. The van der Waals surface area contributed by atoms with E-state index in [2.05, 4.69) is 54.8 Å². The summed E-state index contributed by atoms with van der Waals surface area (Å²) in [4.78, 5) is 0. The molecule has 1 atom stereocenters. The highest BCUT2D eigenvalue weighted by Gasteiger charge is 2.02. The third-order valence-electron chi connectivity index (χ3n) is 2.50. The molecule has 0 aromatic rings. The van der Waals surface area contributed by atoms with Crippen molar-refractivity contribution in [2.24, 2.45) is 5.92 Å². The molecule has 0 aromatic carbocycles. The molecule has 0 fully saturated rings. The summed E-state index contributed by atoms with van der Waals surface area (Å²) in [5.41, 5.74) is 1.35. The van der Waals surface area contributed by atoms with Crippen molar-refractivity contribution in [3.63, 3.8) is 0 Å². The molecule has 0 aliphatic heterocycles. The van der Waals surface area contributed by atoms with Crippen molar-refractivity contribution in [1.82, 2.24) is 5.32 Å². The maximum absolute atomic E-state index is 3.19. The molecule has 0 amide bonds. The largest absolute Gasteiger partial charge is 0.387 e.